The number of sulfonamides is 1. The standard InChI is InChI=1S/C24H26FN7O5S/c1-5-37-21(22-27-13-17(25)14-28-22)15(2)38(33,34)31-24-30-29-23(16-8-7-11-26-12-16)32(24)20-18(35-3)9-6-10-19(20)36-4/h6-15,21H,5H2,1-4H3,(H,30,31). The topological polar surface area (TPSA) is 143 Å². The molecule has 2 unspecified atom stereocenters. The first-order valence-electron chi connectivity index (χ1n) is 11.5. The van der Waals surface area contributed by atoms with Gasteiger partial charge in [-0.25, -0.2) is 22.8 Å². The van der Waals surface area contributed by atoms with E-state index in [1.54, 1.807) is 49.6 Å². The van der Waals surface area contributed by atoms with Crippen molar-refractivity contribution in [1.29, 1.82) is 0 Å². The minimum absolute atomic E-state index is 0.0232. The SMILES string of the molecule is CCOC(c1ncc(F)cn1)C(C)S(=O)(=O)Nc1nnc(-c2cccnc2)n1-c1c(OC)cccc1OC. The number of hydrogen-bond acceptors (Lipinski definition) is 10. The van der Waals surface area contributed by atoms with E-state index in [-0.39, 0.29) is 24.2 Å². The molecule has 2 atom stereocenters. The number of nitrogens with zero attached hydrogens (tertiary/aromatic N) is 6. The maximum atomic E-state index is 13.6. The van der Waals surface area contributed by atoms with Crippen molar-refractivity contribution >= 4 is 16.0 Å². The largest absolute Gasteiger partial charge is 0.494 e. The molecule has 3 aromatic heterocycles. The van der Waals surface area contributed by atoms with Crippen LogP contribution >= 0.6 is 0 Å². The van der Waals surface area contributed by atoms with Crippen LogP contribution in [0.25, 0.3) is 17.1 Å². The van der Waals surface area contributed by atoms with Crippen LogP contribution in [0.4, 0.5) is 10.3 Å². The van der Waals surface area contributed by atoms with Gasteiger partial charge >= 0.3 is 0 Å². The first-order valence-corrected chi connectivity index (χ1v) is 13.0. The first kappa shape index (κ1) is 26.9. The Labute approximate surface area is 218 Å². The summed E-state index contributed by atoms with van der Waals surface area (Å²) in [7, 11) is -1.24. The Kier molecular flexibility index (Phi) is 8.12. The number of aromatic nitrogens is 6. The summed E-state index contributed by atoms with van der Waals surface area (Å²) in [5.74, 6) is 0.294. The maximum absolute atomic E-state index is 13.6. The molecule has 0 saturated heterocycles. The van der Waals surface area contributed by atoms with Crippen LogP contribution in [0.3, 0.4) is 0 Å². The molecule has 0 radical (unpaired) electrons. The van der Waals surface area contributed by atoms with Crippen LogP contribution in [0.2, 0.25) is 0 Å². The number of halogens is 1. The third-order valence-corrected chi connectivity index (χ3v) is 7.29. The molecule has 4 aromatic rings. The van der Waals surface area contributed by atoms with Gasteiger partial charge in [-0.15, -0.1) is 10.2 Å². The van der Waals surface area contributed by atoms with Crippen molar-refractivity contribution in [2.24, 2.45) is 0 Å². The molecule has 12 nitrogen and oxygen atoms in total. The van der Waals surface area contributed by atoms with Gasteiger partial charge in [0.2, 0.25) is 16.0 Å². The van der Waals surface area contributed by atoms with Crippen molar-refractivity contribution in [3.8, 4) is 28.6 Å². The Balaban J connectivity index is 1.83. The van der Waals surface area contributed by atoms with Gasteiger partial charge in [0.15, 0.2) is 17.5 Å². The summed E-state index contributed by atoms with van der Waals surface area (Å²) in [6.45, 7) is 3.31. The van der Waals surface area contributed by atoms with Crippen molar-refractivity contribution in [2.75, 3.05) is 25.5 Å². The summed E-state index contributed by atoms with van der Waals surface area (Å²) in [6, 6.07) is 8.60. The average molecular weight is 544 g/mol. The molecule has 200 valence electrons. The van der Waals surface area contributed by atoms with Gasteiger partial charge in [-0.1, -0.05) is 6.07 Å². The molecule has 3 heterocycles. The van der Waals surface area contributed by atoms with E-state index in [9.17, 15) is 12.8 Å². The summed E-state index contributed by atoms with van der Waals surface area (Å²) < 4.78 is 61.4. The van der Waals surface area contributed by atoms with Crippen molar-refractivity contribution < 1.29 is 27.0 Å². The second-order valence-electron chi connectivity index (χ2n) is 7.92. The van der Waals surface area contributed by atoms with Crippen LogP contribution in [-0.4, -0.2) is 64.2 Å². The minimum Gasteiger partial charge on any atom is -0.494 e. The first-order chi connectivity index (χ1) is 18.3. The minimum atomic E-state index is -4.20. The van der Waals surface area contributed by atoms with E-state index in [0.717, 1.165) is 12.4 Å². The quantitative estimate of drug-likeness (QED) is 0.300. The molecule has 0 amide bonds. The number of ether oxygens (including phenoxy) is 3. The molecule has 0 aliphatic carbocycles. The highest BCUT2D eigenvalue weighted by Gasteiger charge is 2.35. The van der Waals surface area contributed by atoms with E-state index in [1.807, 2.05) is 0 Å². The third kappa shape index (κ3) is 5.40. The number of anilines is 1. The van der Waals surface area contributed by atoms with Gasteiger partial charge < -0.3 is 14.2 Å². The number of rotatable bonds is 11. The van der Waals surface area contributed by atoms with E-state index >= 15 is 0 Å². The highest BCUT2D eigenvalue weighted by molar-refractivity contribution is 7.93. The molecular weight excluding hydrogens is 517 g/mol. The monoisotopic (exact) mass is 543 g/mol. The molecule has 38 heavy (non-hydrogen) atoms. The van der Waals surface area contributed by atoms with Gasteiger partial charge in [0.1, 0.15) is 28.5 Å². The van der Waals surface area contributed by atoms with E-state index < -0.39 is 27.2 Å². The Hall–Kier alpha value is -4.17. The molecule has 14 heteroatoms. The van der Waals surface area contributed by atoms with Gasteiger partial charge in [0, 0.05) is 24.6 Å². The molecule has 4 rings (SSSR count). The van der Waals surface area contributed by atoms with Crippen molar-refractivity contribution in [1.82, 2.24) is 29.7 Å². The van der Waals surface area contributed by atoms with E-state index in [0.29, 0.717) is 22.7 Å². The maximum Gasteiger partial charge on any atom is 0.243 e. The van der Waals surface area contributed by atoms with Crippen LogP contribution in [-0.2, 0) is 14.8 Å². The van der Waals surface area contributed by atoms with Crippen LogP contribution in [0, 0.1) is 5.82 Å². The summed E-state index contributed by atoms with van der Waals surface area (Å²) in [4.78, 5) is 12.0. The molecule has 0 aliphatic heterocycles. The zero-order chi connectivity index (χ0) is 27.3. The average Bonchev–Trinajstić information content (AvgIpc) is 3.34. The summed E-state index contributed by atoms with van der Waals surface area (Å²) in [6.07, 6.45) is 3.98. The fourth-order valence-electron chi connectivity index (χ4n) is 3.75. The Morgan fingerprint density at radius 3 is 2.29 bits per heavy atom. The molecule has 1 N–H and O–H groups in total. The summed E-state index contributed by atoms with van der Waals surface area (Å²) in [5.41, 5.74) is 0.938. The Bertz CT molecular complexity index is 1460. The lowest BCUT2D eigenvalue weighted by atomic mass is 10.2. The zero-order valence-corrected chi connectivity index (χ0v) is 21.9. The van der Waals surface area contributed by atoms with Crippen LogP contribution in [0.1, 0.15) is 25.8 Å². The molecule has 0 bridgehead atoms. The van der Waals surface area contributed by atoms with E-state index in [2.05, 4.69) is 29.9 Å². The highest BCUT2D eigenvalue weighted by Crippen LogP contribution is 2.38. The molecule has 0 saturated carbocycles. The molecule has 0 aliphatic rings. The summed E-state index contributed by atoms with van der Waals surface area (Å²) in [5, 5.41) is 7.17. The van der Waals surface area contributed by atoms with Crippen molar-refractivity contribution in [3.63, 3.8) is 0 Å². The third-order valence-electron chi connectivity index (χ3n) is 5.60. The van der Waals surface area contributed by atoms with Gasteiger partial charge in [-0.05, 0) is 38.1 Å². The molecule has 0 fully saturated rings. The number of methoxy groups -OCH3 is 2. The second-order valence-corrected chi connectivity index (χ2v) is 9.96. The predicted molar refractivity (Wildman–Crippen MR) is 136 cm³/mol. The van der Waals surface area contributed by atoms with Crippen LogP contribution in [0.15, 0.2) is 55.1 Å². The number of nitrogens with one attached hydrogen (secondary N) is 1. The lowest BCUT2D eigenvalue weighted by molar-refractivity contribution is 0.0556. The molecular formula is C24H26FN7O5S. The van der Waals surface area contributed by atoms with Crippen LogP contribution < -0.4 is 14.2 Å². The number of pyridine rings is 1. The fraction of sp³-hybridized carbons (Fsp3) is 0.292. The zero-order valence-electron chi connectivity index (χ0n) is 21.1. The lowest BCUT2D eigenvalue weighted by Gasteiger charge is -2.23. The second kappa shape index (κ2) is 11.5. The van der Waals surface area contributed by atoms with E-state index in [1.165, 1.54) is 25.7 Å². The fourth-order valence-corrected chi connectivity index (χ4v) is 4.85. The molecule has 1 aromatic carbocycles. The smallest absolute Gasteiger partial charge is 0.243 e. The van der Waals surface area contributed by atoms with Gasteiger partial charge in [0.05, 0.1) is 26.6 Å². The molecule has 0 spiro atoms. The summed E-state index contributed by atoms with van der Waals surface area (Å²) >= 11 is 0. The van der Waals surface area contributed by atoms with Crippen molar-refractivity contribution in [2.45, 2.75) is 25.2 Å². The number of para-hydroxylation sites is 1. The van der Waals surface area contributed by atoms with Crippen molar-refractivity contribution in [3.05, 3.63) is 66.8 Å². The lowest BCUT2D eigenvalue weighted by Crippen LogP contribution is -2.34. The van der Waals surface area contributed by atoms with Gasteiger partial charge in [-0.2, -0.15) is 0 Å². The van der Waals surface area contributed by atoms with Crippen LogP contribution in [0.5, 0.6) is 11.5 Å². The predicted octanol–water partition coefficient (Wildman–Crippen LogP) is 3.18. The van der Waals surface area contributed by atoms with Gasteiger partial charge in [0.25, 0.3) is 0 Å². The van der Waals surface area contributed by atoms with Gasteiger partial charge in [-0.3, -0.25) is 14.3 Å². The van der Waals surface area contributed by atoms with E-state index in [4.69, 9.17) is 14.2 Å². The normalized spacial score (nSPS) is 13.1. The highest BCUT2D eigenvalue weighted by atomic mass is 32.2. The Morgan fingerprint density at radius 1 is 1.03 bits per heavy atom. The Morgan fingerprint density at radius 2 is 1.71 bits per heavy atom. The number of benzene rings is 1. The number of hydrogen-bond donors (Lipinski definition) is 1.